The summed E-state index contributed by atoms with van der Waals surface area (Å²) in [7, 11) is 0. The molecule has 0 heterocycles. The number of thioether (sulfide) groups is 1. The zero-order valence-electron chi connectivity index (χ0n) is 5.25. The number of thiocyanates is 1. The molecule has 0 unspecified atom stereocenters. The molecule has 0 aliphatic heterocycles. The number of hydrogen-bond donors (Lipinski definition) is 0. The van der Waals surface area contributed by atoms with Gasteiger partial charge in [-0.2, -0.15) is 5.26 Å². The fourth-order valence-corrected chi connectivity index (χ4v) is 0.569. The van der Waals surface area contributed by atoms with Crippen LogP contribution in [0.3, 0.4) is 0 Å². The van der Waals surface area contributed by atoms with Crippen molar-refractivity contribution in [3.05, 3.63) is 0 Å². The third-order valence-corrected chi connectivity index (χ3v) is 0.815. The number of carbonyl (C=O) groups excluding carboxylic acids is 1. The van der Waals surface area contributed by atoms with Crippen molar-refractivity contribution >= 4 is 17.1 Å². The lowest BCUT2D eigenvalue weighted by Crippen LogP contribution is -2.05. The number of nitrogens with zero attached hydrogens (tertiary/aromatic N) is 1. The van der Waals surface area contributed by atoms with Crippen molar-refractivity contribution in [2.75, 3.05) is 0 Å². The smallest absolute Gasteiger partial charge is 0.382 e. The van der Waals surface area contributed by atoms with E-state index in [0.717, 1.165) is 0 Å². The molecule has 0 radical (unpaired) electrons. The van der Waals surface area contributed by atoms with Crippen LogP contribution in [0.5, 0.6) is 0 Å². The number of nitriles is 1. The van der Waals surface area contributed by atoms with Crippen LogP contribution in [0.4, 0.5) is 4.79 Å². The van der Waals surface area contributed by atoms with Gasteiger partial charge in [0.2, 0.25) is 0 Å². The summed E-state index contributed by atoms with van der Waals surface area (Å²) in [5.41, 5.74) is 0. The Balaban J connectivity index is 3.42. The third-order valence-electron chi connectivity index (χ3n) is 0.461. The summed E-state index contributed by atoms with van der Waals surface area (Å²) in [5, 5.41) is 9.04. The Morgan fingerprint density at radius 3 is 2.67 bits per heavy atom. The highest BCUT2D eigenvalue weighted by Crippen LogP contribution is 2.03. The minimum absolute atomic E-state index is 0.140. The average Bonchev–Trinajstić information content (AvgIpc) is 1.63. The molecule has 0 rings (SSSR count). The summed E-state index contributed by atoms with van der Waals surface area (Å²) >= 11 is 0.504. The maximum Gasteiger partial charge on any atom is 0.382 e. The standard InChI is InChI=1S/C5H7NO2S/c1-4(2)8-5(7)9-3-6/h4H,1-2H3. The van der Waals surface area contributed by atoms with E-state index in [1.54, 1.807) is 19.2 Å². The number of ether oxygens (including phenoxy) is 1. The van der Waals surface area contributed by atoms with E-state index < -0.39 is 5.30 Å². The van der Waals surface area contributed by atoms with Gasteiger partial charge in [-0.1, -0.05) is 0 Å². The number of hydrogen-bond acceptors (Lipinski definition) is 4. The molecule has 50 valence electrons. The highest BCUT2D eigenvalue weighted by molar-refractivity contribution is 8.17. The van der Waals surface area contributed by atoms with Crippen LogP contribution in [0.1, 0.15) is 13.8 Å². The van der Waals surface area contributed by atoms with Crippen LogP contribution in [-0.2, 0) is 4.74 Å². The first-order valence-corrected chi connectivity index (χ1v) is 3.25. The van der Waals surface area contributed by atoms with Crippen molar-refractivity contribution in [1.82, 2.24) is 0 Å². The maximum atomic E-state index is 10.4. The predicted octanol–water partition coefficient (Wildman–Crippen LogP) is 1.75. The molecule has 3 nitrogen and oxygen atoms in total. The fourth-order valence-electron chi connectivity index (χ4n) is 0.254. The zero-order chi connectivity index (χ0) is 7.28. The molecule has 0 fully saturated rings. The van der Waals surface area contributed by atoms with Crippen LogP contribution in [0, 0.1) is 10.7 Å². The summed E-state index contributed by atoms with van der Waals surface area (Å²) in [6.07, 6.45) is -0.140. The van der Waals surface area contributed by atoms with Crippen molar-refractivity contribution in [2.45, 2.75) is 20.0 Å². The van der Waals surface area contributed by atoms with Gasteiger partial charge in [-0.05, 0) is 13.8 Å². The molecule has 4 heteroatoms. The van der Waals surface area contributed by atoms with E-state index in [9.17, 15) is 4.79 Å². The molecule has 0 N–H and O–H groups in total. The summed E-state index contributed by atoms with van der Waals surface area (Å²) in [5.74, 6) is 0. The van der Waals surface area contributed by atoms with Gasteiger partial charge in [0.05, 0.1) is 17.9 Å². The molecule has 0 bridgehead atoms. The van der Waals surface area contributed by atoms with Gasteiger partial charge in [0.15, 0.2) is 0 Å². The van der Waals surface area contributed by atoms with Crippen molar-refractivity contribution in [3.63, 3.8) is 0 Å². The molecule has 0 aromatic heterocycles. The Morgan fingerprint density at radius 2 is 2.33 bits per heavy atom. The molecule has 0 aliphatic carbocycles. The molecule has 9 heavy (non-hydrogen) atoms. The van der Waals surface area contributed by atoms with Crippen LogP contribution < -0.4 is 0 Å². The predicted molar refractivity (Wildman–Crippen MR) is 34.8 cm³/mol. The third kappa shape index (κ3) is 5.18. The van der Waals surface area contributed by atoms with Crippen molar-refractivity contribution in [2.24, 2.45) is 0 Å². The van der Waals surface area contributed by atoms with E-state index in [2.05, 4.69) is 4.74 Å². The SMILES string of the molecule is CC(C)OC(=O)SC#N. The van der Waals surface area contributed by atoms with Crippen LogP contribution in [0.15, 0.2) is 0 Å². The van der Waals surface area contributed by atoms with Crippen molar-refractivity contribution in [3.8, 4) is 5.40 Å². The molecular formula is C5H7NO2S. The van der Waals surface area contributed by atoms with E-state index in [1.807, 2.05) is 0 Å². The maximum absolute atomic E-state index is 10.4. The van der Waals surface area contributed by atoms with E-state index in [-0.39, 0.29) is 6.10 Å². The summed E-state index contributed by atoms with van der Waals surface area (Å²) in [6, 6.07) is 0. The van der Waals surface area contributed by atoms with Gasteiger partial charge in [0.1, 0.15) is 5.40 Å². The Bertz CT molecular complexity index is 138. The first-order valence-electron chi connectivity index (χ1n) is 2.43. The normalized spacial score (nSPS) is 8.67. The average molecular weight is 145 g/mol. The second-order valence-corrected chi connectivity index (χ2v) is 2.33. The highest BCUT2D eigenvalue weighted by Gasteiger charge is 2.03. The van der Waals surface area contributed by atoms with Gasteiger partial charge in [-0.3, -0.25) is 0 Å². The van der Waals surface area contributed by atoms with Crippen molar-refractivity contribution in [1.29, 1.82) is 5.26 Å². The summed E-state index contributed by atoms with van der Waals surface area (Å²) in [6.45, 7) is 3.46. The molecule has 0 aromatic carbocycles. The number of carbonyl (C=O) groups is 1. The summed E-state index contributed by atoms with van der Waals surface area (Å²) < 4.78 is 4.59. The minimum atomic E-state index is -0.535. The Labute approximate surface area is 58.0 Å². The fraction of sp³-hybridized carbons (Fsp3) is 0.600. The van der Waals surface area contributed by atoms with E-state index in [4.69, 9.17) is 5.26 Å². The quantitative estimate of drug-likeness (QED) is 0.416. The van der Waals surface area contributed by atoms with Crippen LogP contribution in [-0.4, -0.2) is 11.4 Å². The largest absolute Gasteiger partial charge is 0.454 e. The van der Waals surface area contributed by atoms with E-state index in [1.165, 1.54) is 0 Å². The molecule has 0 atom stereocenters. The van der Waals surface area contributed by atoms with Gasteiger partial charge in [-0.15, -0.1) is 0 Å². The molecule has 0 saturated heterocycles. The van der Waals surface area contributed by atoms with Crippen LogP contribution in [0.2, 0.25) is 0 Å². The summed E-state index contributed by atoms with van der Waals surface area (Å²) in [4.78, 5) is 10.4. The molecule has 0 amide bonds. The van der Waals surface area contributed by atoms with E-state index >= 15 is 0 Å². The van der Waals surface area contributed by atoms with Gasteiger partial charge in [0.25, 0.3) is 0 Å². The minimum Gasteiger partial charge on any atom is -0.454 e. The molecule has 0 aromatic rings. The lowest BCUT2D eigenvalue weighted by molar-refractivity contribution is 0.143. The molecular weight excluding hydrogens is 138 g/mol. The van der Waals surface area contributed by atoms with Gasteiger partial charge in [0, 0.05) is 0 Å². The second-order valence-electron chi connectivity index (χ2n) is 1.61. The van der Waals surface area contributed by atoms with Crippen molar-refractivity contribution < 1.29 is 9.53 Å². The lowest BCUT2D eigenvalue weighted by Gasteiger charge is -2.02. The Kier molecular flexibility index (Phi) is 3.89. The second kappa shape index (κ2) is 4.21. The number of rotatable bonds is 1. The lowest BCUT2D eigenvalue weighted by atomic mass is 10.5. The Morgan fingerprint density at radius 1 is 1.78 bits per heavy atom. The first kappa shape index (κ1) is 8.31. The molecule has 0 saturated carbocycles. The van der Waals surface area contributed by atoms with Crippen LogP contribution in [0.25, 0.3) is 0 Å². The van der Waals surface area contributed by atoms with Gasteiger partial charge in [-0.25, -0.2) is 4.79 Å². The van der Waals surface area contributed by atoms with Crippen LogP contribution >= 0.6 is 11.8 Å². The van der Waals surface area contributed by atoms with Gasteiger partial charge < -0.3 is 4.74 Å². The topological polar surface area (TPSA) is 50.1 Å². The van der Waals surface area contributed by atoms with E-state index in [0.29, 0.717) is 11.8 Å². The molecule has 0 spiro atoms. The van der Waals surface area contributed by atoms with Gasteiger partial charge >= 0.3 is 5.30 Å². The zero-order valence-corrected chi connectivity index (χ0v) is 6.07. The Hall–Kier alpha value is -0.690. The first-order chi connectivity index (χ1) is 4.16. The monoisotopic (exact) mass is 145 g/mol. The highest BCUT2D eigenvalue weighted by atomic mass is 32.2. The molecule has 0 aliphatic rings.